The lowest BCUT2D eigenvalue weighted by Crippen LogP contribution is -2.37. The van der Waals surface area contributed by atoms with Crippen LogP contribution in [0.4, 0.5) is 0 Å². The van der Waals surface area contributed by atoms with Gasteiger partial charge in [-0.3, -0.25) is 14.6 Å². The van der Waals surface area contributed by atoms with Crippen LogP contribution < -0.4 is 5.32 Å². The first-order valence-electron chi connectivity index (χ1n) is 9.75. The second kappa shape index (κ2) is 8.25. The van der Waals surface area contributed by atoms with Crippen molar-refractivity contribution < 1.29 is 9.59 Å². The zero-order valence-electron chi connectivity index (χ0n) is 16.3. The number of fused-ring (bicyclic) bond motifs is 1. The van der Waals surface area contributed by atoms with Crippen LogP contribution in [0.1, 0.15) is 34.7 Å². The quantitative estimate of drug-likeness (QED) is 0.716. The molecule has 1 aliphatic heterocycles. The monoisotopic (exact) mass is 410 g/mol. The molecule has 0 saturated carbocycles. The van der Waals surface area contributed by atoms with Gasteiger partial charge in [-0.15, -0.1) is 0 Å². The average molecular weight is 411 g/mol. The van der Waals surface area contributed by atoms with E-state index >= 15 is 0 Å². The number of likely N-dealkylation sites (tertiary alicyclic amines) is 1. The molecule has 0 atom stereocenters. The lowest BCUT2D eigenvalue weighted by atomic mass is 9.90. The fraction of sp³-hybridized carbons (Fsp3) is 0.318. The Morgan fingerprint density at radius 1 is 1.17 bits per heavy atom. The molecule has 29 heavy (non-hydrogen) atoms. The van der Waals surface area contributed by atoms with Gasteiger partial charge in [0.15, 0.2) is 0 Å². The SMILES string of the molecule is CNC(=O)Cn1cc(C(=O)N2CCC(c3ccncc3)CC2)c2ccc(Cl)cc21. The van der Waals surface area contributed by atoms with Gasteiger partial charge >= 0.3 is 0 Å². The molecule has 3 heterocycles. The number of likely N-dealkylation sites (N-methyl/N-ethyl adjacent to an activating group) is 1. The predicted octanol–water partition coefficient (Wildman–Crippen LogP) is 3.46. The van der Waals surface area contributed by atoms with Crippen molar-refractivity contribution >= 4 is 34.3 Å². The number of nitrogens with zero attached hydrogens (tertiary/aromatic N) is 3. The summed E-state index contributed by atoms with van der Waals surface area (Å²) in [4.78, 5) is 31.2. The van der Waals surface area contributed by atoms with Crippen molar-refractivity contribution in [2.45, 2.75) is 25.3 Å². The van der Waals surface area contributed by atoms with Gasteiger partial charge in [-0.1, -0.05) is 17.7 Å². The van der Waals surface area contributed by atoms with Crippen molar-refractivity contribution in [3.63, 3.8) is 0 Å². The Morgan fingerprint density at radius 2 is 1.90 bits per heavy atom. The van der Waals surface area contributed by atoms with Crippen LogP contribution in [0, 0.1) is 0 Å². The van der Waals surface area contributed by atoms with Gasteiger partial charge in [-0.25, -0.2) is 0 Å². The lowest BCUT2D eigenvalue weighted by molar-refractivity contribution is -0.121. The third kappa shape index (κ3) is 3.98. The fourth-order valence-electron chi connectivity index (χ4n) is 4.02. The van der Waals surface area contributed by atoms with E-state index in [0.29, 0.717) is 29.6 Å². The van der Waals surface area contributed by atoms with Crippen LogP contribution >= 0.6 is 11.6 Å². The van der Waals surface area contributed by atoms with Gasteiger partial charge in [0.25, 0.3) is 5.91 Å². The molecule has 3 aromatic rings. The Balaban J connectivity index is 1.57. The fourth-order valence-corrected chi connectivity index (χ4v) is 4.19. The third-order valence-electron chi connectivity index (χ3n) is 5.63. The first kappa shape index (κ1) is 19.5. The molecule has 7 heteroatoms. The number of rotatable bonds is 4. The molecule has 2 aromatic heterocycles. The molecule has 1 fully saturated rings. The Kier molecular flexibility index (Phi) is 5.53. The molecule has 0 bridgehead atoms. The number of piperidine rings is 1. The molecule has 0 aliphatic carbocycles. The maximum absolute atomic E-state index is 13.3. The predicted molar refractivity (Wildman–Crippen MR) is 113 cm³/mol. The molecule has 150 valence electrons. The third-order valence-corrected chi connectivity index (χ3v) is 5.86. The minimum atomic E-state index is -0.126. The molecule has 6 nitrogen and oxygen atoms in total. The van der Waals surface area contributed by atoms with E-state index in [9.17, 15) is 9.59 Å². The van der Waals surface area contributed by atoms with E-state index in [1.165, 1.54) is 5.56 Å². The van der Waals surface area contributed by atoms with Gasteiger partial charge in [-0.05, 0) is 48.6 Å². The van der Waals surface area contributed by atoms with Crippen molar-refractivity contribution in [1.82, 2.24) is 19.8 Å². The summed E-state index contributed by atoms with van der Waals surface area (Å²) in [6, 6.07) is 9.54. The maximum Gasteiger partial charge on any atom is 0.256 e. The van der Waals surface area contributed by atoms with E-state index < -0.39 is 0 Å². The summed E-state index contributed by atoms with van der Waals surface area (Å²) >= 11 is 6.16. The van der Waals surface area contributed by atoms with Crippen molar-refractivity contribution in [2.75, 3.05) is 20.1 Å². The summed E-state index contributed by atoms with van der Waals surface area (Å²) in [5, 5.41) is 4.02. The largest absolute Gasteiger partial charge is 0.358 e. The highest BCUT2D eigenvalue weighted by molar-refractivity contribution is 6.31. The molecule has 1 aliphatic rings. The van der Waals surface area contributed by atoms with Crippen LogP contribution in [-0.4, -0.2) is 46.4 Å². The maximum atomic E-state index is 13.3. The standard InChI is InChI=1S/C22H23ClN4O2/c1-24-21(28)14-27-13-19(18-3-2-17(23)12-20(18)27)22(29)26-10-6-16(7-11-26)15-4-8-25-9-5-15/h2-5,8-9,12-13,16H,6-7,10-11,14H2,1H3,(H,24,28). The van der Waals surface area contributed by atoms with E-state index in [1.807, 2.05) is 23.4 Å². The molecule has 0 spiro atoms. The molecule has 1 N–H and O–H groups in total. The molecule has 1 saturated heterocycles. The van der Waals surface area contributed by atoms with Crippen LogP contribution in [0.3, 0.4) is 0 Å². The summed E-state index contributed by atoms with van der Waals surface area (Å²) in [5.41, 5.74) is 2.68. The summed E-state index contributed by atoms with van der Waals surface area (Å²) < 4.78 is 1.79. The first-order chi connectivity index (χ1) is 14.1. The topological polar surface area (TPSA) is 67.2 Å². The van der Waals surface area contributed by atoms with Gasteiger partial charge < -0.3 is 14.8 Å². The normalized spacial score (nSPS) is 14.9. The van der Waals surface area contributed by atoms with E-state index in [4.69, 9.17) is 11.6 Å². The van der Waals surface area contributed by atoms with Crippen LogP contribution in [0.5, 0.6) is 0 Å². The van der Waals surface area contributed by atoms with Gasteiger partial charge in [0, 0.05) is 49.1 Å². The average Bonchev–Trinajstić information content (AvgIpc) is 3.11. The number of amides is 2. The van der Waals surface area contributed by atoms with Gasteiger partial charge in [0.2, 0.25) is 5.91 Å². The van der Waals surface area contributed by atoms with E-state index in [0.717, 1.165) is 23.7 Å². The number of carbonyl (C=O) groups is 2. The number of benzene rings is 1. The van der Waals surface area contributed by atoms with Crippen molar-refractivity contribution in [2.24, 2.45) is 0 Å². The Bertz CT molecular complexity index is 1040. The van der Waals surface area contributed by atoms with Crippen molar-refractivity contribution in [3.8, 4) is 0 Å². The van der Waals surface area contributed by atoms with Gasteiger partial charge in [0.05, 0.1) is 11.1 Å². The summed E-state index contributed by atoms with van der Waals surface area (Å²) in [5.74, 6) is 0.329. The number of hydrogen-bond donors (Lipinski definition) is 1. The van der Waals surface area contributed by atoms with E-state index in [2.05, 4.69) is 22.4 Å². The second-order valence-electron chi connectivity index (χ2n) is 7.35. The van der Waals surface area contributed by atoms with Crippen LogP contribution in [0.25, 0.3) is 10.9 Å². The number of hydrogen-bond acceptors (Lipinski definition) is 3. The number of pyridine rings is 1. The molecule has 1 aromatic carbocycles. The summed E-state index contributed by atoms with van der Waals surface area (Å²) in [6.45, 7) is 1.56. The number of halogens is 1. The van der Waals surface area contributed by atoms with Crippen molar-refractivity contribution in [1.29, 1.82) is 0 Å². The Labute approximate surface area is 174 Å². The second-order valence-corrected chi connectivity index (χ2v) is 7.79. The highest BCUT2D eigenvalue weighted by Crippen LogP contribution is 2.30. The van der Waals surface area contributed by atoms with Crippen molar-refractivity contribution in [3.05, 3.63) is 65.1 Å². The first-order valence-corrected chi connectivity index (χ1v) is 10.1. The molecular formula is C22H23ClN4O2. The Morgan fingerprint density at radius 3 is 2.59 bits per heavy atom. The highest BCUT2D eigenvalue weighted by Gasteiger charge is 2.27. The molecule has 2 amide bonds. The highest BCUT2D eigenvalue weighted by atomic mass is 35.5. The number of carbonyl (C=O) groups excluding carboxylic acids is 2. The number of nitrogens with one attached hydrogen (secondary N) is 1. The minimum Gasteiger partial charge on any atom is -0.358 e. The zero-order chi connectivity index (χ0) is 20.4. The molecule has 4 rings (SSSR count). The zero-order valence-corrected chi connectivity index (χ0v) is 17.0. The van der Waals surface area contributed by atoms with Crippen LogP contribution in [-0.2, 0) is 11.3 Å². The summed E-state index contributed by atoms with van der Waals surface area (Å²) in [6.07, 6.45) is 7.27. The minimum absolute atomic E-state index is 0.00107. The molecule has 0 radical (unpaired) electrons. The lowest BCUT2D eigenvalue weighted by Gasteiger charge is -2.32. The van der Waals surface area contributed by atoms with E-state index in [-0.39, 0.29) is 18.4 Å². The van der Waals surface area contributed by atoms with E-state index in [1.54, 1.807) is 29.9 Å². The number of aromatic nitrogens is 2. The smallest absolute Gasteiger partial charge is 0.256 e. The van der Waals surface area contributed by atoms with Crippen LogP contribution in [0.15, 0.2) is 48.9 Å². The van der Waals surface area contributed by atoms with Crippen LogP contribution in [0.2, 0.25) is 5.02 Å². The molecular weight excluding hydrogens is 388 g/mol. The molecule has 0 unspecified atom stereocenters. The summed E-state index contributed by atoms with van der Waals surface area (Å²) in [7, 11) is 1.60. The van der Waals surface area contributed by atoms with Gasteiger partial charge in [0.1, 0.15) is 6.54 Å². The Hall–Kier alpha value is -2.86. The van der Waals surface area contributed by atoms with Gasteiger partial charge in [-0.2, -0.15) is 0 Å².